The molecule has 1 aromatic rings. The Hall–Kier alpha value is -1.31. The normalized spacial score (nSPS) is 23.4. The Morgan fingerprint density at radius 2 is 2.05 bits per heavy atom. The molecule has 1 aliphatic heterocycles. The van der Waals surface area contributed by atoms with Crippen LogP contribution in [0.15, 0.2) is 17.0 Å². The highest BCUT2D eigenvalue weighted by atomic mass is 35.5. The van der Waals surface area contributed by atoms with Crippen LogP contribution in [-0.4, -0.2) is 31.7 Å². The van der Waals surface area contributed by atoms with Crippen LogP contribution in [0.5, 0.6) is 0 Å². The van der Waals surface area contributed by atoms with Gasteiger partial charge in [0, 0.05) is 18.8 Å². The van der Waals surface area contributed by atoms with Crippen molar-refractivity contribution in [2.75, 3.05) is 18.8 Å². The number of hydrogen-bond donors (Lipinski definition) is 2. The van der Waals surface area contributed by atoms with E-state index in [-0.39, 0.29) is 23.0 Å². The predicted octanol–water partition coefficient (Wildman–Crippen LogP) is 1.12. The Morgan fingerprint density at radius 3 is 2.57 bits per heavy atom. The van der Waals surface area contributed by atoms with Crippen LogP contribution >= 0.6 is 11.6 Å². The molecule has 116 valence electrons. The number of nitrogen functional groups attached to an aromatic ring is 1. The first-order chi connectivity index (χ1) is 9.58. The topological polar surface area (TPSA) is 106 Å². The standard InChI is InChI=1S/C13H18ClN3O3S/c1-8-5-9(14)11(6-10(8)15)21(19,20)17-4-3-13(2,7-17)12(16)18/h5-6H,3-4,7,15H2,1-2H3,(H2,16,18). The molecule has 1 atom stereocenters. The lowest BCUT2D eigenvalue weighted by Crippen LogP contribution is -2.38. The molecule has 1 aromatic carbocycles. The van der Waals surface area contributed by atoms with E-state index in [4.69, 9.17) is 23.1 Å². The van der Waals surface area contributed by atoms with Gasteiger partial charge in [0.05, 0.1) is 10.4 Å². The highest BCUT2D eigenvalue weighted by Crippen LogP contribution is 2.36. The van der Waals surface area contributed by atoms with Crippen LogP contribution in [0.25, 0.3) is 0 Å². The number of aryl methyl sites for hydroxylation is 1. The molecule has 1 aliphatic rings. The molecular formula is C13H18ClN3O3S. The van der Waals surface area contributed by atoms with Crippen LogP contribution < -0.4 is 11.5 Å². The van der Waals surface area contributed by atoms with Crippen molar-refractivity contribution in [3.8, 4) is 0 Å². The quantitative estimate of drug-likeness (QED) is 0.809. The molecule has 4 N–H and O–H groups in total. The number of benzene rings is 1. The zero-order valence-corrected chi connectivity index (χ0v) is 13.5. The largest absolute Gasteiger partial charge is 0.398 e. The summed E-state index contributed by atoms with van der Waals surface area (Å²) in [7, 11) is -3.80. The van der Waals surface area contributed by atoms with Gasteiger partial charge in [-0.15, -0.1) is 0 Å². The van der Waals surface area contributed by atoms with Gasteiger partial charge in [-0.05, 0) is 38.0 Å². The number of amides is 1. The lowest BCUT2D eigenvalue weighted by molar-refractivity contribution is -0.126. The Kier molecular flexibility index (Phi) is 3.94. The maximum Gasteiger partial charge on any atom is 0.244 e. The minimum atomic E-state index is -3.80. The van der Waals surface area contributed by atoms with Gasteiger partial charge in [-0.25, -0.2) is 8.42 Å². The molecule has 1 amide bonds. The van der Waals surface area contributed by atoms with E-state index in [0.717, 1.165) is 0 Å². The Morgan fingerprint density at radius 1 is 1.43 bits per heavy atom. The second-order valence-electron chi connectivity index (χ2n) is 5.65. The van der Waals surface area contributed by atoms with Crippen molar-refractivity contribution in [2.45, 2.75) is 25.2 Å². The van der Waals surface area contributed by atoms with Crippen LogP contribution in [0, 0.1) is 12.3 Å². The number of nitrogens with zero attached hydrogens (tertiary/aromatic N) is 1. The third kappa shape index (κ3) is 2.73. The number of hydrogen-bond acceptors (Lipinski definition) is 4. The van der Waals surface area contributed by atoms with Crippen molar-refractivity contribution in [1.82, 2.24) is 4.31 Å². The molecule has 1 heterocycles. The Labute approximate surface area is 129 Å². The van der Waals surface area contributed by atoms with Crippen molar-refractivity contribution in [1.29, 1.82) is 0 Å². The van der Waals surface area contributed by atoms with E-state index in [9.17, 15) is 13.2 Å². The third-order valence-corrected chi connectivity index (χ3v) is 6.28. The van der Waals surface area contributed by atoms with Crippen molar-refractivity contribution in [2.24, 2.45) is 11.1 Å². The number of sulfonamides is 1. The minimum absolute atomic E-state index is 0.0408. The maximum absolute atomic E-state index is 12.7. The summed E-state index contributed by atoms with van der Waals surface area (Å²) in [6.07, 6.45) is 0.389. The van der Waals surface area contributed by atoms with Crippen molar-refractivity contribution < 1.29 is 13.2 Å². The average Bonchev–Trinajstić information content (AvgIpc) is 2.78. The van der Waals surface area contributed by atoms with Crippen LogP contribution in [0.4, 0.5) is 5.69 Å². The summed E-state index contributed by atoms with van der Waals surface area (Å²) in [6, 6.07) is 2.88. The number of nitrogens with two attached hydrogens (primary N) is 2. The predicted molar refractivity (Wildman–Crippen MR) is 81.3 cm³/mol. The van der Waals surface area contributed by atoms with E-state index in [2.05, 4.69) is 0 Å². The third-order valence-electron chi connectivity index (χ3n) is 3.97. The van der Waals surface area contributed by atoms with Gasteiger partial charge < -0.3 is 11.5 Å². The highest BCUT2D eigenvalue weighted by Gasteiger charge is 2.44. The van der Waals surface area contributed by atoms with Gasteiger partial charge >= 0.3 is 0 Å². The molecule has 1 saturated heterocycles. The van der Waals surface area contributed by atoms with Gasteiger partial charge in [0.1, 0.15) is 4.90 Å². The number of rotatable bonds is 3. The van der Waals surface area contributed by atoms with E-state index in [1.807, 2.05) is 0 Å². The molecule has 0 radical (unpaired) electrons. The SMILES string of the molecule is Cc1cc(Cl)c(S(=O)(=O)N2CCC(C)(C(N)=O)C2)cc1N. The van der Waals surface area contributed by atoms with Crippen molar-refractivity contribution >= 4 is 33.2 Å². The maximum atomic E-state index is 12.7. The fourth-order valence-corrected chi connectivity index (χ4v) is 4.49. The van der Waals surface area contributed by atoms with E-state index in [0.29, 0.717) is 17.7 Å². The van der Waals surface area contributed by atoms with Gasteiger partial charge in [-0.1, -0.05) is 11.6 Å². The molecule has 0 bridgehead atoms. The van der Waals surface area contributed by atoms with Crippen LogP contribution in [0.2, 0.25) is 5.02 Å². The highest BCUT2D eigenvalue weighted by molar-refractivity contribution is 7.89. The monoisotopic (exact) mass is 331 g/mol. The second kappa shape index (κ2) is 5.15. The van der Waals surface area contributed by atoms with Crippen molar-refractivity contribution in [3.63, 3.8) is 0 Å². The number of anilines is 1. The van der Waals surface area contributed by atoms with E-state index in [1.54, 1.807) is 13.8 Å². The molecule has 6 nitrogen and oxygen atoms in total. The molecule has 1 fully saturated rings. The smallest absolute Gasteiger partial charge is 0.244 e. The summed E-state index contributed by atoms with van der Waals surface area (Å²) in [5.74, 6) is -0.505. The van der Waals surface area contributed by atoms with E-state index >= 15 is 0 Å². The van der Waals surface area contributed by atoms with Gasteiger partial charge in [-0.2, -0.15) is 4.31 Å². The molecule has 21 heavy (non-hydrogen) atoms. The number of carbonyl (C=O) groups is 1. The molecule has 0 spiro atoms. The van der Waals surface area contributed by atoms with E-state index in [1.165, 1.54) is 16.4 Å². The lowest BCUT2D eigenvalue weighted by atomic mass is 9.89. The summed E-state index contributed by atoms with van der Waals surface area (Å²) < 4.78 is 26.6. The first-order valence-corrected chi connectivity index (χ1v) is 8.25. The summed E-state index contributed by atoms with van der Waals surface area (Å²) >= 11 is 6.05. The van der Waals surface area contributed by atoms with Crippen LogP contribution in [-0.2, 0) is 14.8 Å². The molecule has 0 aromatic heterocycles. The summed E-state index contributed by atoms with van der Waals surface area (Å²) in [5, 5.41) is 0.120. The van der Waals surface area contributed by atoms with Gasteiger partial charge in [-0.3, -0.25) is 4.79 Å². The molecule has 1 unspecified atom stereocenters. The first kappa shape index (κ1) is 16.1. The van der Waals surface area contributed by atoms with E-state index < -0.39 is 21.3 Å². The minimum Gasteiger partial charge on any atom is -0.398 e. The fourth-order valence-electron chi connectivity index (χ4n) is 2.33. The first-order valence-electron chi connectivity index (χ1n) is 6.43. The Balaban J connectivity index is 2.41. The van der Waals surface area contributed by atoms with Crippen molar-refractivity contribution in [3.05, 3.63) is 22.7 Å². The zero-order valence-electron chi connectivity index (χ0n) is 11.9. The van der Waals surface area contributed by atoms with Crippen LogP contribution in [0.3, 0.4) is 0 Å². The lowest BCUT2D eigenvalue weighted by Gasteiger charge is -2.21. The number of halogens is 1. The fraction of sp³-hybridized carbons (Fsp3) is 0.462. The summed E-state index contributed by atoms with van der Waals surface area (Å²) in [4.78, 5) is 11.4. The zero-order chi connectivity index (χ0) is 16.0. The molecule has 2 rings (SSSR count). The number of carbonyl (C=O) groups excluding carboxylic acids is 1. The average molecular weight is 332 g/mol. The summed E-state index contributed by atoms with van der Waals surface area (Å²) in [6.45, 7) is 3.69. The second-order valence-corrected chi connectivity index (χ2v) is 7.97. The van der Waals surface area contributed by atoms with Gasteiger partial charge in [0.2, 0.25) is 15.9 Å². The van der Waals surface area contributed by atoms with Gasteiger partial charge in [0.25, 0.3) is 0 Å². The molecular weight excluding hydrogens is 314 g/mol. The van der Waals surface area contributed by atoms with Gasteiger partial charge in [0.15, 0.2) is 0 Å². The molecule has 0 saturated carbocycles. The molecule has 8 heteroatoms. The Bertz CT molecular complexity index is 705. The molecule has 0 aliphatic carbocycles. The summed E-state index contributed by atoms with van der Waals surface area (Å²) in [5.41, 5.74) is 11.3. The van der Waals surface area contributed by atoms with Crippen LogP contribution in [0.1, 0.15) is 18.9 Å². The number of primary amides is 1.